The quantitative estimate of drug-likeness (QED) is 0.851. The van der Waals surface area contributed by atoms with Gasteiger partial charge in [0, 0.05) is 32.2 Å². The van der Waals surface area contributed by atoms with Crippen LogP contribution in [0.1, 0.15) is 25.7 Å². The summed E-state index contributed by atoms with van der Waals surface area (Å²) < 4.78 is 5.37. The highest BCUT2D eigenvalue weighted by atomic mass is 35.5. The highest BCUT2D eigenvalue weighted by molar-refractivity contribution is 5.85. The van der Waals surface area contributed by atoms with Gasteiger partial charge in [-0.1, -0.05) is 0 Å². The predicted octanol–water partition coefficient (Wildman–Crippen LogP) is 1.28. The van der Waals surface area contributed by atoms with Crippen LogP contribution in [0.25, 0.3) is 0 Å². The predicted molar refractivity (Wildman–Crippen MR) is 76.1 cm³/mol. The van der Waals surface area contributed by atoms with Crippen molar-refractivity contribution < 1.29 is 9.53 Å². The van der Waals surface area contributed by atoms with E-state index < -0.39 is 0 Å². The molecule has 0 spiro atoms. The summed E-state index contributed by atoms with van der Waals surface area (Å²) in [5, 5.41) is 0. The molecule has 3 aliphatic rings. The summed E-state index contributed by atoms with van der Waals surface area (Å²) in [7, 11) is 1.93. The highest BCUT2D eigenvalue weighted by Crippen LogP contribution is 2.48. The first-order valence-corrected chi connectivity index (χ1v) is 7.25. The third kappa shape index (κ3) is 2.76. The van der Waals surface area contributed by atoms with E-state index in [2.05, 4.69) is 0 Å². The van der Waals surface area contributed by atoms with Crippen molar-refractivity contribution in [1.82, 2.24) is 4.90 Å². The van der Waals surface area contributed by atoms with Gasteiger partial charge in [0.15, 0.2) is 0 Å². The fourth-order valence-corrected chi connectivity index (χ4v) is 4.16. The number of halogens is 1. The molecular formula is C14H25ClN2O2. The van der Waals surface area contributed by atoms with E-state index in [1.54, 1.807) is 0 Å². The third-order valence-electron chi connectivity index (χ3n) is 5.20. The first-order valence-electron chi connectivity index (χ1n) is 7.25. The number of hydrogen-bond donors (Lipinski definition) is 1. The minimum Gasteiger partial charge on any atom is -0.381 e. The van der Waals surface area contributed by atoms with Crippen molar-refractivity contribution in [3.05, 3.63) is 0 Å². The summed E-state index contributed by atoms with van der Waals surface area (Å²) in [6.45, 7) is 2.49. The molecule has 0 aromatic carbocycles. The second-order valence-corrected chi connectivity index (χ2v) is 6.38. The number of rotatable bonds is 3. The Hall–Kier alpha value is -0.320. The van der Waals surface area contributed by atoms with Crippen LogP contribution in [0.15, 0.2) is 0 Å². The molecule has 0 aromatic heterocycles. The average molecular weight is 289 g/mol. The van der Waals surface area contributed by atoms with Crippen LogP contribution in [0.2, 0.25) is 0 Å². The number of nitrogens with two attached hydrogens (primary N) is 1. The van der Waals surface area contributed by atoms with Gasteiger partial charge in [-0.3, -0.25) is 4.79 Å². The van der Waals surface area contributed by atoms with E-state index in [9.17, 15) is 4.79 Å². The van der Waals surface area contributed by atoms with Gasteiger partial charge in [0.1, 0.15) is 0 Å². The number of carbonyl (C=O) groups excluding carboxylic acids is 1. The molecular weight excluding hydrogens is 264 g/mol. The molecule has 5 heteroatoms. The van der Waals surface area contributed by atoms with Gasteiger partial charge >= 0.3 is 0 Å². The molecule has 2 N–H and O–H groups in total. The molecule has 0 aromatic rings. The van der Waals surface area contributed by atoms with Crippen LogP contribution in [0.4, 0.5) is 0 Å². The van der Waals surface area contributed by atoms with Gasteiger partial charge in [-0.05, 0) is 37.5 Å². The summed E-state index contributed by atoms with van der Waals surface area (Å²) in [6.07, 6.45) is 4.70. The van der Waals surface area contributed by atoms with Gasteiger partial charge in [0.2, 0.25) is 5.91 Å². The Balaban J connectivity index is 0.00000133. The van der Waals surface area contributed by atoms with Crippen molar-refractivity contribution in [2.24, 2.45) is 29.4 Å². The van der Waals surface area contributed by atoms with Crippen LogP contribution in [-0.4, -0.2) is 43.7 Å². The molecule has 2 aliphatic carbocycles. The fraction of sp³-hybridized carbons (Fsp3) is 0.929. The van der Waals surface area contributed by atoms with Crippen molar-refractivity contribution in [2.45, 2.75) is 31.7 Å². The minimum atomic E-state index is 0. The molecule has 1 heterocycles. The second-order valence-electron chi connectivity index (χ2n) is 6.38. The molecule has 2 bridgehead atoms. The first kappa shape index (κ1) is 15.1. The molecule has 1 amide bonds. The van der Waals surface area contributed by atoms with E-state index in [0.717, 1.165) is 26.2 Å². The van der Waals surface area contributed by atoms with E-state index >= 15 is 0 Å². The van der Waals surface area contributed by atoms with Gasteiger partial charge in [-0.15, -0.1) is 12.4 Å². The Labute approximate surface area is 121 Å². The Morgan fingerprint density at radius 1 is 1.32 bits per heavy atom. The van der Waals surface area contributed by atoms with Crippen molar-refractivity contribution in [1.29, 1.82) is 0 Å². The van der Waals surface area contributed by atoms with Gasteiger partial charge < -0.3 is 15.4 Å². The van der Waals surface area contributed by atoms with Crippen molar-refractivity contribution in [3.8, 4) is 0 Å². The van der Waals surface area contributed by atoms with Crippen LogP contribution >= 0.6 is 12.4 Å². The largest absolute Gasteiger partial charge is 0.381 e. The van der Waals surface area contributed by atoms with E-state index in [4.69, 9.17) is 10.5 Å². The number of fused-ring (bicyclic) bond motifs is 2. The number of nitrogens with zero attached hydrogens (tertiary/aromatic N) is 1. The zero-order valence-corrected chi connectivity index (χ0v) is 12.4. The maximum absolute atomic E-state index is 12.5. The van der Waals surface area contributed by atoms with E-state index in [1.165, 1.54) is 19.3 Å². The topological polar surface area (TPSA) is 55.6 Å². The SMILES string of the molecule is CN(CC1CCOC1)C(=O)C1C2CCC(C2)C1N.Cl. The monoisotopic (exact) mass is 288 g/mol. The Bertz CT molecular complexity index is 331. The van der Waals surface area contributed by atoms with E-state index in [-0.39, 0.29) is 30.3 Å². The molecule has 0 radical (unpaired) electrons. The van der Waals surface area contributed by atoms with Gasteiger partial charge in [-0.2, -0.15) is 0 Å². The summed E-state index contributed by atoms with van der Waals surface area (Å²) in [4.78, 5) is 14.4. The summed E-state index contributed by atoms with van der Waals surface area (Å²) in [6, 6.07) is 0.110. The number of amides is 1. The highest BCUT2D eigenvalue weighted by Gasteiger charge is 2.49. The van der Waals surface area contributed by atoms with Gasteiger partial charge in [0.05, 0.1) is 12.5 Å². The van der Waals surface area contributed by atoms with Crippen molar-refractivity contribution in [2.75, 3.05) is 26.8 Å². The second kappa shape index (κ2) is 5.98. The Morgan fingerprint density at radius 3 is 2.63 bits per heavy atom. The molecule has 110 valence electrons. The number of hydrogen-bond acceptors (Lipinski definition) is 3. The minimum absolute atomic E-state index is 0. The lowest BCUT2D eigenvalue weighted by Crippen LogP contribution is -2.47. The van der Waals surface area contributed by atoms with E-state index in [0.29, 0.717) is 17.8 Å². The zero-order valence-electron chi connectivity index (χ0n) is 11.6. The van der Waals surface area contributed by atoms with Crippen LogP contribution in [-0.2, 0) is 9.53 Å². The first-order chi connectivity index (χ1) is 8.66. The smallest absolute Gasteiger partial charge is 0.227 e. The lowest BCUT2D eigenvalue weighted by atomic mass is 9.84. The van der Waals surface area contributed by atoms with Crippen molar-refractivity contribution in [3.63, 3.8) is 0 Å². The maximum atomic E-state index is 12.5. The molecule has 2 saturated carbocycles. The lowest BCUT2D eigenvalue weighted by molar-refractivity contribution is -0.137. The zero-order chi connectivity index (χ0) is 12.7. The summed E-state index contributed by atoms with van der Waals surface area (Å²) in [5.41, 5.74) is 6.24. The molecule has 1 saturated heterocycles. The molecule has 4 nitrogen and oxygen atoms in total. The standard InChI is InChI=1S/C14H24N2O2.ClH/c1-16(7-9-4-5-18-8-9)14(17)12-10-2-3-11(6-10)13(12)15;/h9-13H,2-8,15H2,1H3;1H. The van der Waals surface area contributed by atoms with Gasteiger partial charge in [-0.25, -0.2) is 0 Å². The van der Waals surface area contributed by atoms with Crippen LogP contribution < -0.4 is 5.73 Å². The summed E-state index contributed by atoms with van der Waals surface area (Å²) in [5.74, 6) is 2.05. The molecule has 5 unspecified atom stereocenters. The molecule has 5 atom stereocenters. The van der Waals surface area contributed by atoms with Crippen LogP contribution in [0.3, 0.4) is 0 Å². The molecule has 3 rings (SSSR count). The summed E-state index contributed by atoms with van der Waals surface area (Å²) >= 11 is 0. The maximum Gasteiger partial charge on any atom is 0.227 e. The third-order valence-corrected chi connectivity index (χ3v) is 5.20. The van der Waals surface area contributed by atoms with Crippen LogP contribution in [0, 0.1) is 23.7 Å². The molecule has 19 heavy (non-hydrogen) atoms. The lowest BCUT2D eigenvalue weighted by Gasteiger charge is -2.31. The number of ether oxygens (including phenoxy) is 1. The van der Waals surface area contributed by atoms with Crippen LogP contribution in [0.5, 0.6) is 0 Å². The Morgan fingerprint density at radius 2 is 2.05 bits per heavy atom. The molecule has 3 fully saturated rings. The molecule has 1 aliphatic heterocycles. The van der Waals surface area contributed by atoms with Gasteiger partial charge in [0.25, 0.3) is 0 Å². The fourth-order valence-electron chi connectivity index (χ4n) is 4.16. The Kier molecular flexibility index (Phi) is 4.75. The average Bonchev–Trinajstić information content (AvgIpc) is 3.04. The normalized spacial score (nSPS) is 40.2. The van der Waals surface area contributed by atoms with E-state index in [1.807, 2.05) is 11.9 Å². The number of carbonyl (C=O) groups is 1. The van der Waals surface area contributed by atoms with Crippen molar-refractivity contribution >= 4 is 18.3 Å².